The van der Waals surface area contributed by atoms with E-state index in [2.05, 4.69) is 24.4 Å². The van der Waals surface area contributed by atoms with Gasteiger partial charge in [0.1, 0.15) is 5.92 Å². The summed E-state index contributed by atoms with van der Waals surface area (Å²) in [5, 5.41) is 3.00. The molecule has 2 N–H and O–H groups in total. The molecular formula is C19H29N2O3+. The first-order valence-electron chi connectivity index (χ1n) is 8.91. The minimum Gasteiger partial charge on any atom is -0.466 e. The summed E-state index contributed by atoms with van der Waals surface area (Å²) in [4.78, 5) is 25.2. The highest BCUT2D eigenvalue weighted by Gasteiger charge is 2.30. The van der Waals surface area contributed by atoms with Gasteiger partial charge in [0.15, 0.2) is 6.54 Å². The van der Waals surface area contributed by atoms with Crippen molar-refractivity contribution in [2.24, 2.45) is 5.92 Å². The number of nitrogens with one attached hydrogen (secondary N) is 2. The van der Waals surface area contributed by atoms with Crippen LogP contribution in [0.1, 0.15) is 30.9 Å². The maximum atomic E-state index is 12.1. The van der Waals surface area contributed by atoms with Crippen molar-refractivity contribution in [2.45, 2.75) is 33.1 Å². The lowest BCUT2D eigenvalue weighted by Crippen LogP contribution is -3.14. The minimum absolute atomic E-state index is 0.0584. The first kappa shape index (κ1) is 18.5. The first-order chi connectivity index (χ1) is 11.6. The lowest BCUT2D eigenvalue weighted by Gasteiger charge is -2.28. The quantitative estimate of drug-likeness (QED) is 0.715. The topological polar surface area (TPSA) is 59.8 Å². The fourth-order valence-electron chi connectivity index (χ4n) is 3.29. The van der Waals surface area contributed by atoms with Gasteiger partial charge in [-0.1, -0.05) is 24.3 Å². The zero-order chi connectivity index (χ0) is 17.4. The van der Waals surface area contributed by atoms with Crippen molar-refractivity contribution in [3.05, 3.63) is 35.4 Å². The zero-order valence-corrected chi connectivity index (χ0v) is 14.8. The van der Waals surface area contributed by atoms with E-state index in [1.165, 1.54) is 16.0 Å². The van der Waals surface area contributed by atoms with Gasteiger partial charge in [-0.25, -0.2) is 0 Å². The van der Waals surface area contributed by atoms with E-state index in [1.54, 1.807) is 0 Å². The predicted molar refractivity (Wildman–Crippen MR) is 92.8 cm³/mol. The van der Waals surface area contributed by atoms with E-state index in [9.17, 15) is 9.59 Å². The molecule has 0 bridgehead atoms. The van der Waals surface area contributed by atoms with Crippen LogP contribution in [0.4, 0.5) is 0 Å². The number of quaternary nitrogens is 1. The Labute approximate surface area is 144 Å². The van der Waals surface area contributed by atoms with Gasteiger partial charge >= 0.3 is 5.97 Å². The molecule has 0 aromatic heterocycles. The van der Waals surface area contributed by atoms with Crippen LogP contribution < -0.4 is 10.2 Å². The van der Waals surface area contributed by atoms with Gasteiger partial charge in [0.25, 0.3) is 5.91 Å². The maximum Gasteiger partial charge on any atom is 0.314 e. The molecular weight excluding hydrogens is 304 g/mol. The summed E-state index contributed by atoms with van der Waals surface area (Å²) in [5.41, 5.74) is 2.52. The fourth-order valence-corrected chi connectivity index (χ4v) is 3.29. The molecule has 1 aromatic rings. The van der Waals surface area contributed by atoms with Crippen LogP contribution in [0, 0.1) is 12.8 Å². The second-order valence-electron chi connectivity index (χ2n) is 6.50. The molecule has 0 saturated carbocycles. The first-order valence-corrected chi connectivity index (χ1v) is 8.91. The Hall–Kier alpha value is -1.88. The highest BCUT2D eigenvalue weighted by Crippen LogP contribution is 2.09. The van der Waals surface area contributed by atoms with Crippen LogP contribution in [-0.4, -0.2) is 44.7 Å². The van der Waals surface area contributed by atoms with Gasteiger partial charge < -0.3 is 15.0 Å². The Morgan fingerprint density at radius 3 is 2.88 bits per heavy atom. The Morgan fingerprint density at radius 2 is 2.12 bits per heavy atom. The molecule has 1 unspecified atom stereocenters. The Kier molecular flexibility index (Phi) is 7.25. The van der Waals surface area contributed by atoms with Gasteiger partial charge in [-0.2, -0.15) is 0 Å². The third-order valence-electron chi connectivity index (χ3n) is 4.63. The zero-order valence-electron chi connectivity index (χ0n) is 14.8. The standard InChI is InChI=1S/C19H28N2O3/c1-3-24-19(23)17-9-6-12-21(13-17)14-18(22)20-11-10-16-8-5-4-7-15(16)2/h4-5,7-8,17H,3,6,9-14H2,1-2H3,(H,20,22)/p+1/t17-/m1/s1. The summed E-state index contributed by atoms with van der Waals surface area (Å²) in [7, 11) is 0. The number of esters is 1. The molecule has 2 atom stereocenters. The van der Waals surface area contributed by atoms with Gasteiger partial charge in [-0.05, 0) is 44.2 Å². The molecule has 5 nitrogen and oxygen atoms in total. The normalized spacial score (nSPS) is 20.4. The van der Waals surface area contributed by atoms with Crippen molar-refractivity contribution in [3.8, 4) is 0 Å². The number of likely N-dealkylation sites (tertiary alicyclic amines) is 1. The molecule has 24 heavy (non-hydrogen) atoms. The monoisotopic (exact) mass is 333 g/mol. The van der Waals surface area contributed by atoms with Crippen LogP contribution in [0.25, 0.3) is 0 Å². The fraction of sp³-hybridized carbons (Fsp3) is 0.579. The minimum atomic E-state index is -0.116. The number of hydrogen-bond acceptors (Lipinski definition) is 3. The SMILES string of the molecule is CCOC(=O)[C@@H]1CCC[NH+](CC(=O)NCCc2ccccc2C)C1. The smallest absolute Gasteiger partial charge is 0.314 e. The summed E-state index contributed by atoms with van der Waals surface area (Å²) in [6, 6.07) is 8.24. The second kappa shape index (κ2) is 9.42. The molecule has 0 spiro atoms. The number of rotatable bonds is 7. The van der Waals surface area contributed by atoms with Crippen LogP contribution in [-0.2, 0) is 20.7 Å². The van der Waals surface area contributed by atoms with E-state index in [0.29, 0.717) is 26.2 Å². The largest absolute Gasteiger partial charge is 0.466 e. The number of aryl methyl sites for hydroxylation is 1. The van der Waals surface area contributed by atoms with Crippen LogP contribution >= 0.6 is 0 Å². The average Bonchev–Trinajstić information content (AvgIpc) is 2.57. The van der Waals surface area contributed by atoms with E-state index in [-0.39, 0.29) is 17.8 Å². The van der Waals surface area contributed by atoms with Crippen LogP contribution in [0.3, 0.4) is 0 Å². The number of carbonyl (C=O) groups is 2. The maximum absolute atomic E-state index is 12.1. The van der Waals surface area contributed by atoms with E-state index < -0.39 is 0 Å². The van der Waals surface area contributed by atoms with Crippen molar-refractivity contribution >= 4 is 11.9 Å². The molecule has 1 saturated heterocycles. The summed E-state index contributed by atoms with van der Waals surface area (Å²) < 4.78 is 5.11. The molecule has 132 valence electrons. The van der Waals surface area contributed by atoms with E-state index >= 15 is 0 Å². The molecule has 1 aliphatic rings. The van der Waals surface area contributed by atoms with E-state index in [0.717, 1.165) is 25.8 Å². The van der Waals surface area contributed by atoms with E-state index in [1.807, 2.05) is 19.1 Å². The molecule has 2 rings (SSSR count). The van der Waals surface area contributed by atoms with Gasteiger partial charge in [0.05, 0.1) is 19.7 Å². The molecule has 1 fully saturated rings. The molecule has 1 heterocycles. The molecule has 0 aliphatic carbocycles. The Bertz CT molecular complexity index is 559. The second-order valence-corrected chi connectivity index (χ2v) is 6.50. The van der Waals surface area contributed by atoms with Gasteiger partial charge in [0.2, 0.25) is 0 Å². The Morgan fingerprint density at radius 1 is 1.33 bits per heavy atom. The lowest BCUT2D eigenvalue weighted by molar-refractivity contribution is -0.899. The number of piperidine rings is 1. The molecule has 1 amide bonds. The third-order valence-corrected chi connectivity index (χ3v) is 4.63. The molecule has 1 aliphatic heterocycles. The van der Waals surface area contributed by atoms with Gasteiger partial charge in [-0.3, -0.25) is 9.59 Å². The van der Waals surface area contributed by atoms with Crippen molar-refractivity contribution in [3.63, 3.8) is 0 Å². The predicted octanol–water partition coefficient (Wildman–Crippen LogP) is 0.512. The third kappa shape index (κ3) is 5.64. The van der Waals surface area contributed by atoms with Crippen LogP contribution in [0.15, 0.2) is 24.3 Å². The average molecular weight is 333 g/mol. The number of amides is 1. The highest BCUT2D eigenvalue weighted by atomic mass is 16.5. The summed E-state index contributed by atoms with van der Waals surface area (Å²) in [6.45, 7) is 7.06. The van der Waals surface area contributed by atoms with Crippen LogP contribution in [0.2, 0.25) is 0 Å². The number of hydrogen-bond donors (Lipinski definition) is 2. The van der Waals surface area contributed by atoms with Crippen molar-refractivity contribution < 1.29 is 19.2 Å². The van der Waals surface area contributed by atoms with Crippen molar-refractivity contribution in [2.75, 3.05) is 32.8 Å². The highest BCUT2D eigenvalue weighted by molar-refractivity contribution is 5.77. The number of carbonyl (C=O) groups excluding carboxylic acids is 2. The van der Waals surface area contributed by atoms with Crippen molar-refractivity contribution in [1.29, 1.82) is 0 Å². The summed E-state index contributed by atoms with van der Waals surface area (Å²) in [6.07, 6.45) is 2.69. The van der Waals surface area contributed by atoms with Gasteiger partial charge in [0, 0.05) is 6.54 Å². The molecule has 5 heteroatoms. The lowest BCUT2D eigenvalue weighted by atomic mass is 9.98. The van der Waals surface area contributed by atoms with Gasteiger partial charge in [-0.15, -0.1) is 0 Å². The Balaban J connectivity index is 1.72. The summed E-state index contributed by atoms with van der Waals surface area (Å²) >= 11 is 0. The molecule has 1 aromatic carbocycles. The van der Waals surface area contributed by atoms with Crippen molar-refractivity contribution in [1.82, 2.24) is 5.32 Å². The molecule has 0 radical (unpaired) electrons. The number of benzene rings is 1. The number of ether oxygens (including phenoxy) is 1. The van der Waals surface area contributed by atoms with E-state index in [4.69, 9.17) is 4.74 Å². The summed E-state index contributed by atoms with van der Waals surface area (Å²) in [5.74, 6) is -0.119. The van der Waals surface area contributed by atoms with Crippen LogP contribution in [0.5, 0.6) is 0 Å².